The van der Waals surface area contributed by atoms with Crippen molar-refractivity contribution < 1.29 is 14.2 Å². The van der Waals surface area contributed by atoms with Gasteiger partial charge in [-0.25, -0.2) is 4.98 Å². The lowest BCUT2D eigenvalue weighted by Gasteiger charge is -2.28. The topological polar surface area (TPSA) is 45.5 Å². The summed E-state index contributed by atoms with van der Waals surface area (Å²) in [6.45, 7) is 2.13. The van der Waals surface area contributed by atoms with Crippen molar-refractivity contribution in [1.29, 1.82) is 0 Å². The molecule has 5 nitrogen and oxygen atoms in total. The first kappa shape index (κ1) is 20.1. The quantitative estimate of drug-likeness (QED) is 0.519. The second-order valence-corrected chi connectivity index (χ2v) is 7.76. The number of nitrogens with zero attached hydrogens (tertiary/aromatic N) is 2. The van der Waals surface area contributed by atoms with Gasteiger partial charge in [0, 0.05) is 23.8 Å². The van der Waals surface area contributed by atoms with E-state index in [2.05, 4.69) is 29.2 Å². The highest BCUT2D eigenvalue weighted by atomic mass is 35.5. The minimum Gasteiger partial charge on any atom is -0.374 e. The van der Waals surface area contributed by atoms with Gasteiger partial charge in [0.2, 0.25) is 0 Å². The Bertz CT molecular complexity index is 871. The van der Waals surface area contributed by atoms with Crippen LogP contribution in [0.2, 0.25) is 5.02 Å². The highest BCUT2D eigenvalue weighted by Crippen LogP contribution is 2.31. The van der Waals surface area contributed by atoms with E-state index in [1.54, 1.807) is 12.5 Å². The van der Waals surface area contributed by atoms with Crippen LogP contribution >= 0.6 is 11.6 Å². The van der Waals surface area contributed by atoms with Gasteiger partial charge >= 0.3 is 0 Å². The maximum Gasteiger partial charge on any atom is 0.187 e. The van der Waals surface area contributed by atoms with Crippen LogP contribution in [-0.2, 0) is 33.8 Å². The summed E-state index contributed by atoms with van der Waals surface area (Å²) in [4.78, 5) is 4.14. The molecule has 2 unspecified atom stereocenters. The Labute approximate surface area is 176 Å². The normalized spacial score (nSPS) is 21.5. The average molecular weight is 413 g/mol. The van der Waals surface area contributed by atoms with Crippen molar-refractivity contribution >= 4 is 11.6 Å². The molecule has 0 saturated carbocycles. The van der Waals surface area contributed by atoms with Crippen LogP contribution in [0.3, 0.4) is 0 Å². The molecule has 4 rings (SSSR count). The first-order valence-electron chi connectivity index (χ1n) is 9.84. The Morgan fingerprint density at radius 1 is 1.10 bits per heavy atom. The highest BCUT2D eigenvalue weighted by Gasteiger charge is 2.41. The first-order chi connectivity index (χ1) is 14.2. The molecule has 0 aliphatic carbocycles. The molecular weight excluding hydrogens is 388 g/mol. The van der Waals surface area contributed by atoms with E-state index < -0.39 is 5.79 Å². The number of aromatic nitrogens is 2. The molecule has 0 radical (unpaired) electrons. The smallest absolute Gasteiger partial charge is 0.187 e. The van der Waals surface area contributed by atoms with E-state index in [9.17, 15) is 0 Å². The standard InChI is InChI=1S/C23H25ClN2O3/c24-21-8-6-20(7-9-21)14-27-15-22-16-28-23(29-22,17-26-13-12-25-18-26)11-10-19-4-2-1-3-5-19/h1-9,12-13,18,22H,10-11,14-17H2. The lowest BCUT2D eigenvalue weighted by atomic mass is 10.0. The monoisotopic (exact) mass is 412 g/mol. The van der Waals surface area contributed by atoms with Gasteiger partial charge < -0.3 is 18.8 Å². The van der Waals surface area contributed by atoms with E-state index in [-0.39, 0.29) is 6.10 Å². The summed E-state index contributed by atoms with van der Waals surface area (Å²) in [5, 5.41) is 0.726. The largest absolute Gasteiger partial charge is 0.374 e. The zero-order valence-electron chi connectivity index (χ0n) is 16.2. The number of halogens is 1. The van der Waals surface area contributed by atoms with Crippen molar-refractivity contribution in [3.05, 3.63) is 89.5 Å². The Morgan fingerprint density at radius 2 is 1.93 bits per heavy atom. The zero-order chi connectivity index (χ0) is 19.9. The Kier molecular flexibility index (Phi) is 6.62. The maximum absolute atomic E-state index is 6.38. The molecule has 2 heterocycles. The van der Waals surface area contributed by atoms with Crippen LogP contribution in [0, 0.1) is 0 Å². The molecule has 0 spiro atoms. The number of hydrogen-bond acceptors (Lipinski definition) is 4. The molecule has 1 saturated heterocycles. The predicted molar refractivity (Wildman–Crippen MR) is 112 cm³/mol. The molecule has 2 atom stereocenters. The van der Waals surface area contributed by atoms with E-state index in [4.69, 9.17) is 25.8 Å². The predicted octanol–water partition coefficient (Wildman–Crippen LogP) is 4.50. The lowest BCUT2D eigenvalue weighted by Crippen LogP contribution is -2.37. The van der Waals surface area contributed by atoms with Crippen molar-refractivity contribution in [2.24, 2.45) is 0 Å². The van der Waals surface area contributed by atoms with Gasteiger partial charge in [0.15, 0.2) is 5.79 Å². The minimum absolute atomic E-state index is 0.0957. The average Bonchev–Trinajstić information content (AvgIpc) is 3.40. The molecule has 1 aliphatic heterocycles. The lowest BCUT2D eigenvalue weighted by molar-refractivity contribution is -0.187. The van der Waals surface area contributed by atoms with Crippen molar-refractivity contribution in [2.45, 2.75) is 37.9 Å². The van der Waals surface area contributed by atoms with Crippen molar-refractivity contribution in [1.82, 2.24) is 9.55 Å². The van der Waals surface area contributed by atoms with Gasteiger partial charge in [0.25, 0.3) is 0 Å². The van der Waals surface area contributed by atoms with Crippen LogP contribution in [0.5, 0.6) is 0 Å². The molecule has 29 heavy (non-hydrogen) atoms. The number of imidazole rings is 1. The summed E-state index contributed by atoms with van der Waals surface area (Å²) in [6.07, 6.45) is 7.05. The molecule has 0 amide bonds. The third-order valence-electron chi connectivity index (χ3n) is 5.02. The van der Waals surface area contributed by atoms with Gasteiger partial charge in [-0.3, -0.25) is 0 Å². The Hall–Kier alpha value is -2.18. The Balaban J connectivity index is 1.34. The van der Waals surface area contributed by atoms with Gasteiger partial charge in [0.05, 0.1) is 32.7 Å². The zero-order valence-corrected chi connectivity index (χ0v) is 17.0. The highest BCUT2D eigenvalue weighted by molar-refractivity contribution is 6.30. The number of aryl methyl sites for hydroxylation is 1. The molecule has 3 aromatic rings. The molecule has 0 bridgehead atoms. The fourth-order valence-corrected chi connectivity index (χ4v) is 3.64. The summed E-state index contributed by atoms with van der Waals surface area (Å²) >= 11 is 5.93. The van der Waals surface area contributed by atoms with Crippen LogP contribution in [0.25, 0.3) is 0 Å². The first-order valence-corrected chi connectivity index (χ1v) is 10.2. The molecular formula is C23H25ClN2O3. The molecule has 1 fully saturated rings. The SMILES string of the molecule is Clc1ccc(COCC2COC(CCc3ccccc3)(Cn3ccnc3)O2)cc1. The maximum atomic E-state index is 6.38. The number of ether oxygens (including phenoxy) is 3. The van der Waals surface area contributed by atoms with Crippen LogP contribution in [0.1, 0.15) is 17.5 Å². The fourth-order valence-electron chi connectivity index (χ4n) is 3.52. The fraction of sp³-hybridized carbons (Fsp3) is 0.348. The van der Waals surface area contributed by atoms with E-state index in [1.807, 2.05) is 41.1 Å². The third kappa shape index (κ3) is 5.67. The van der Waals surface area contributed by atoms with Crippen LogP contribution < -0.4 is 0 Å². The molecule has 2 aromatic carbocycles. The molecule has 0 N–H and O–H groups in total. The van der Waals surface area contributed by atoms with Gasteiger partial charge in [-0.15, -0.1) is 0 Å². The second kappa shape index (κ2) is 9.55. The van der Waals surface area contributed by atoms with E-state index in [1.165, 1.54) is 5.56 Å². The van der Waals surface area contributed by atoms with Gasteiger partial charge in [0.1, 0.15) is 6.10 Å². The minimum atomic E-state index is -0.676. The number of rotatable bonds is 9. The third-order valence-corrected chi connectivity index (χ3v) is 5.27. The van der Waals surface area contributed by atoms with Gasteiger partial charge in [-0.1, -0.05) is 54.1 Å². The number of hydrogen-bond donors (Lipinski definition) is 0. The summed E-state index contributed by atoms with van der Waals surface area (Å²) in [6, 6.07) is 18.1. The molecule has 6 heteroatoms. The van der Waals surface area contributed by atoms with Crippen LogP contribution in [-0.4, -0.2) is 34.7 Å². The van der Waals surface area contributed by atoms with Crippen molar-refractivity contribution in [2.75, 3.05) is 13.2 Å². The molecule has 1 aliphatic rings. The molecule has 1 aromatic heterocycles. The molecule has 152 valence electrons. The van der Waals surface area contributed by atoms with Crippen LogP contribution in [0.15, 0.2) is 73.3 Å². The van der Waals surface area contributed by atoms with E-state index in [0.717, 1.165) is 23.4 Å². The van der Waals surface area contributed by atoms with Gasteiger partial charge in [-0.05, 0) is 29.7 Å². The summed E-state index contributed by atoms with van der Waals surface area (Å²) in [5.74, 6) is -0.676. The van der Waals surface area contributed by atoms with Crippen LogP contribution in [0.4, 0.5) is 0 Å². The summed E-state index contributed by atoms with van der Waals surface area (Å²) in [5.41, 5.74) is 2.36. The van der Waals surface area contributed by atoms with E-state index in [0.29, 0.717) is 26.4 Å². The summed E-state index contributed by atoms with van der Waals surface area (Å²) < 4.78 is 20.5. The van der Waals surface area contributed by atoms with Gasteiger partial charge in [-0.2, -0.15) is 0 Å². The Morgan fingerprint density at radius 3 is 2.69 bits per heavy atom. The number of benzene rings is 2. The summed E-state index contributed by atoms with van der Waals surface area (Å²) in [7, 11) is 0. The van der Waals surface area contributed by atoms with Crippen molar-refractivity contribution in [3.63, 3.8) is 0 Å². The van der Waals surface area contributed by atoms with Crippen molar-refractivity contribution in [3.8, 4) is 0 Å². The van der Waals surface area contributed by atoms with E-state index >= 15 is 0 Å². The second-order valence-electron chi connectivity index (χ2n) is 7.32.